The number of anilines is 2. The van der Waals surface area contributed by atoms with E-state index in [2.05, 4.69) is 15.1 Å². The Morgan fingerprint density at radius 2 is 1.64 bits per heavy atom. The Morgan fingerprint density at radius 1 is 0.970 bits per heavy atom. The minimum atomic E-state index is -4.10. The number of amides is 1. The number of hydrogen-bond donors (Lipinski definition) is 2. The van der Waals surface area contributed by atoms with Crippen molar-refractivity contribution < 1.29 is 17.6 Å². The predicted octanol–water partition coefficient (Wildman–Crippen LogP) is 5.13. The Labute approximate surface area is 194 Å². The molecule has 0 fully saturated rings. The molecule has 33 heavy (non-hydrogen) atoms. The van der Waals surface area contributed by atoms with E-state index in [4.69, 9.17) is 0 Å². The van der Waals surface area contributed by atoms with Crippen LogP contribution in [0.15, 0.2) is 59.5 Å². The quantitative estimate of drug-likeness (QED) is 0.538. The molecule has 0 atom stereocenters. The highest BCUT2D eigenvalue weighted by atomic mass is 32.2. The molecule has 9 heteroatoms. The molecular weight excluding hydrogens is 443 g/mol. The van der Waals surface area contributed by atoms with Gasteiger partial charge in [0, 0.05) is 17.0 Å². The minimum Gasteiger partial charge on any atom is -0.307 e. The van der Waals surface area contributed by atoms with E-state index < -0.39 is 21.7 Å². The molecule has 0 unspecified atom stereocenters. The van der Waals surface area contributed by atoms with Gasteiger partial charge in [0.1, 0.15) is 11.6 Å². The predicted molar refractivity (Wildman–Crippen MR) is 128 cm³/mol. The zero-order valence-corrected chi connectivity index (χ0v) is 20.4. The van der Waals surface area contributed by atoms with Gasteiger partial charge in [0.15, 0.2) is 0 Å². The molecule has 1 heterocycles. The zero-order valence-electron chi connectivity index (χ0n) is 19.6. The van der Waals surface area contributed by atoms with Crippen molar-refractivity contribution in [1.29, 1.82) is 0 Å². The van der Waals surface area contributed by atoms with Crippen molar-refractivity contribution in [2.45, 2.75) is 57.4 Å². The first kappa shape index (κ1) is 24.4. The maximum atomic E-state index is 13.9. The van der Waals surface area contributed by atoms with E-state index in [0.29, 0.717) is 5.82 Å². The van der Waals surface area contributed by atoms with Gasteiger partial charge in [-0.15, -0.1) is 0 Å². The molecular formula is C24H29FN4O3S. The van der Waals surface area contributed by atoms with Crippen molar-refractivity contribution in [3.8, 4) is 0 Å². The van der Waals surface area contributed by atoms with Crippen LogP contribution in [0.1, 0.15) is 57.6 Å². The second-order valence-electron chi connectivity index (χ2n) is 9.81. The number of halogens is 1. The van der Waals surface area contributed by atoms with Gasteiger partial charge in [-0.3, -0.25) is 9.52 Å². The van der Waals surface area contributed by atoms with E-state index in [-0.39, 0.29) is 27.1 Å². The standard InChI is InChI=1S/C24H29FN4O3S/c1-23(2,3)20-15-21(29(27-20)24(4,5)6)26-22(30)16-10-9-11-17(14-16)33(31,32)28-19-13-8-7-12-18(19)25/h7-15,28H,1-6H3,(H,26,30). The molecule has 1 amide bonds. The maximum Gasteiger partial charge on any atom is 0.262 e. The fourth-order valence-electron chi connectivity index (χ4n) is 3.09. The first-order valence-corrected chi connectivity index (χ1v) is 12.0. The van der Waals surface area contributed by atoms with E-state index in [9.17, 15) is 17.6 Å². The normalized spacial score (nSPS) is 12.5. The second-order valence-corrected chi connectivity index (χ2v) is 11.5. The Bertz CT molecular complexity index is 1290. The summed E-state index contributed by atoms with van der Waals surface area (Å²) in [6, 6.07) is 12.9. The Balaban J connectivity index is 1.91. The molecule has 7 nitrogen and oxygen atoms in total. The zero-order chi connectivity index (χ0) is 24.6. The molecule has 0 aliphatic carbocycles. The molecule has 176 valence electrons. The highest BCUT2D eigenvalue weighted by Crippen LogP contribution is 2.28. The highest BCUT2D eigenvalue weighted by Gasteiger charge is 2.26. The number of hydrogen-bond acceptors (Lipinski definition) is 4. The lowest BCUT2D eigenvalue weighted by Crippen LogP contribution is -2.27. The van der Waals surface area contributed by atoms with Gasteiger partial charge in [-0.1, -0.05) is 39.0 Å². The number of nitrogens with one attached hydrogen (secondary N) is 2. The van der Waals surface area contributed by atoms with E-state index in [1.807, 2.05) is 47.6 Å². The highest BCUT2D eigenvalue weighted by molar-refractivity contribution is 7.92. The molecule has 2 N–H and O–H groups in total. The van der Waals surface area contributed by atoms with Crippen molar-refractivity contribution in [3.63, 3.8) is 0 Å². The summed E-state index contributed by atoms with van der Waals surface area (Å²) in [5.74, 6) is -0.668. The van der Waals surface area contributed by atoms with Gasteiger partial charge in [-0.2, -0.15) is 5.10 Å². The number of nitrogens with zero attached hydrogens (tertiary/aromatic N) is 2. The summed E-state index contributed by atoms with van der Waals surface area (Å²) in [6.07, 6.45) is 0. The van der Waals surface area contributed by atoms with Crippen LogP contribution in [0.25, 0.3) is 0 Å². The van der Waals surface area contributed by atoms with Crippen LogP contribution in [0.5, 0.6) is 0 Å². The topological polar surface area (TPSA) is 93.1 Å². The van der Waals surface area contributed by atoms with Gasteiger partial charge in [0.2, 0.25) is 0 Å². The van der Waals surface area contributed by atoms with E-state index in [1.54, 1.807) is 4.68 Å². The van der Waals surface area contributed by atoms with Gasteiger partial charge in [-0.25, -0.2) is 17.5 Å². The molecule has 2 aromatic carbocycles. The van der Waals surface area contributed by atoms with Gasteiger partial charge in [0.05, 0.1) is 21.8 Å². The SMILES string of the molecule is CC(C)(C)c1cc(NC(=O)c2cccc(S(=O)(=O)Nc3ccccc3F)c2)n(C(C)(C)C)n1. The number of rotatable bonds is 5. The van der Waals surface area contributed by atoms with Crippen molar-refractivity contribution >= 4 is 27.4 Å². The molecule has 0 radical (unpaired) electrons. The summed E-state index contributed by atoms with van der Waals surface area (Å²) in [7, 11) is -4.10. The molecule has 1 aromatic heterocycles. The number of aromatic nitrogens is 2. The fraction of sp³-hybridized carbons (Fsp3) is 0.333. The van der Waals surface area contributed by atoms with Gasteiger partial charge in [-0.05, 0) is 51.1 Å². The average molecular weight is 473 g/mol. The van der Waals surface area contributed by atoms with Crippen LogP contribution >= 0.6 is 0 Å². The van der Waals surface area contributed by atoms with Crippen LogP contribution in [0.4, 0.5) is 15.9 Å². The van der Waals surface area contributed by atoms with Gasteiger partial charge >= 0.3 is 0 Å². The molecule has 0 spiro atoms. The molecule has 0 bridgehead atoms. The third-order valence-corrected chi connectivity index (χ3v) is 6.24. The lowest BCUT2D eigenvalue weighted by atomic mass is 9.92. The largest absolute Gasteiger partial charge is 0.307 e. The van der Waals surface area contributed by atoms with Gasteiger partial charge < -0.3 is 5.32 Å². The molecule has 0 saturated heterocycles. The van der Waals surface area contributed by atoms with E-state index in [1.165, 1.54) is 42.5 Å². The summed E-state index contributed by atoms with van der Waals surface area (Å²) in [4.78, 5) is 12.9. The minimum absolute atomic E-state index is 0.144. The third-order valence-electron chi connectivity index (χ3n) is 4.88. The summed E-state index contributed by atoms with van der Waals surface area (Å²) >= 11 is 0. The number of carbonyl (C=O) groups is 1. The molecule has 3 aromatic rings. The van der Waals surface area contributed by atoms with Crippen molar-refractivity contribution in [1.82, 2.24) is 9.78 Å². The third kappa shape index (κ3) is 5.60. The van der Waals surface area contributed by atoms with Gasteiger partial charge in [0.25, 0.3) is 15.9 Å². The smallest absolute Gasteiger partial charge is 0.262 e. The van der Waals surface area contributed by atoms with E-state index >= 15 is 0 Å². The fourth-order valence-corrected chi connectivity index (χ4v) is 4.20. The summed E-state index contributed by atoms with van der Waals surface area (Å²) < 4.78 is 43.4. The Kier molecular flexibility index (Phi) is 6.39. The molecule has 0 aliphatic heterocycles. The summed E-state index contributed by atoms with van der Waals surface area (Å²) in [6.45, 7) is 12.0. The van der Waals surface area contributed by atoms with Crippen LogP contribution < -0.4 is 10.0 Å². The Hall–Kier alpha value is -3.20. The van der Waals surface area contributed by atoms with Crippen molar-refractivity contribution in [2.24, 2.45) is 0 Å². The van der Waals surface area contributed by atoms with Crippen LogP contribution in [0.3, 0.4) is 0 Å². The van der Waals surface area contributed by atoms with Crippen molar-refractivity contribution in [3.05, 3.63) is 71.7 Å². The average Bonchev–Trinajstić information content (AvgIpc) is 3.14. The van der Waals surface area contributed by atoms with Crippen LogP contribution in [-0.2, 0) is 21.0 Å². The van der Waals surface area contributed by atoms with Crippen LogP contribution in [0, 0.1) is 5.82 Å². The second kappa shape index (κ2) is 8.62. The Morgan fingerprint density at radius 3 is 2.24 bits per heavy atom. The first-order valence-electron chi connectivity index (χ1n) is 10.5. The summed E-state index contributed by atoms with van der Waals surface area (Å²) in [5.41, 5.74) is 0.184. The number of carbonyl (C=O) groups excluding carboxylic acids is 1. The number of sulfonamides is 1. The maximum absolute atomic E-state index is 13.9. The number of benzene rings is 2. The van der Waals surface area contributed by atoms with Crippen LogP contribution in [0.2, 0.25) is 0 Å². The summed E-state index contributed by atoms with van der Waals surface area (Å²) in [5, 5.41) is 7.52. The molecule has 0 saturated carbocycles. The van der Waals surface area contributed by atoms with Crippen molar-refractivity contribution in [2.75, 3.05) is 10.0 Å². The molecule has 0 aliphatic rings. The number of para-hydroxylation sites is 1. The monoisotopic (exact) mass is 472 g/mol. The lowest BCUT2D eigenvalue weighted by Gasteiger charge is -2.23. The molecule has 3 rings (SSSR count). The van der Waals surface area contributed by atoms with E-state index in [0.717, 1.165) is 11.8 Å². The van der Waals surface area contributed by atoms with Crippen LogP contribution in [-0.4, -0.2) is 24.1 Å². The first-order chi connectivity index (χ1) is 15.2. The lowest BCUT2D eigenvalue weighted by molar-refractivity contribution is 0.102.